The average molecular weight is 320 g/mol. The van der Waals surface area contributed by atoms with Crippen LogP contribution in [0.2, 0.25) is 0 Å². The SMILES string of the molecule is CC(=O)N(C(C)C)C(C(=O)O)c1ccc(Br)s1. The molecule has 0 radical (unpaired) electrons. The number of hydrogen-bond donors (Lipinski definition) is 1. The number of rotatable bonds is 4. The maximum absolute atomic E-state index is 11.6. The summed E-state index contributed by atoms with van der Waals surface area (Å²) in [7, 11) is 0. The van der Waals surface area contributed by atoms with Crippen molar-refractivity contribution in [1.29, 1.82) is 0 Å². The molecule has 0 bridgehead atoms. The molecule has 0 aliphatic heterocycles. The van der Waals surface area contributed by atoms with Crippen LogP contribution in [0.25, 0.3) is 0 Å². The van der Waals surface area contributed by atoms with E-state index in [9.17, 15) is 14.7 Å². The molecule has 0 aliphatic carbocycles. The first-order chi connectivity index (χ1) is 7.84. The van der Waals surface area contributed by atoms with Gasteiger partial charge in [0.15, 0.2) is 6.04 Å². The van der Waals surface area contributed by atoms with Crippen LogP contribution in [0.3, 0.4) is 0 Å². The van der Waals surface area contributed by atoms with E-state index in [0.29, 0.717) is 4.88 Å². The third-order valence-electron chi connectivity index (χ3n) is 2.30. The van der Waals surface area contributed by atoms with Crippen LogP contribution in [0, 0.1) is 0 Å². The molecule has 4 nitrogen and oxygen atoms in total. The van der Waals surface area contributed by atoms with Gasteiger partial charge in [0.05, 0.1) is 3.79 Å². The Bertz CT molecular complexity index is 430. The molecule has 1 N–H and O–H groups in total. The first-order valence-electron chi connectivity index (χ1n) is 5.11. The van der Waals surface area contributed by atoms with Crippen molar-refractivity contribution in [3.8, 4) is 0 Å². The molecule has 17 heavy (non-hydrogen) atoms. The monoisotopic (exact) mass is 319 g/mol. The van der Waals surface area contributed by atoms with Crippen LogP contribution in [-0.4, -0.2) is 27.9 Å². The van der Waals surface area contributed by atoms with E-state index in [0.717, 1.165) is 3.79 Å². The van der Waals surface area contributed by atoms with E-state index in [-0.39, 0.29) is 11.9 Å². The van der Waals surface area contributed by atoms with Gasteiger partial charge in [0.2, 0.25) is 5.91 Å². The molecule has 0 saturated heterocycles. The van der Waals surface area contributed by atoms with E-state index >= 15 is 0 Å². The fourth-order valence-corrected chi connectivity index (χ4v) is 3.21. The van der Waals surface area contributed by atoms with E-state index in [1.165, 1.54) is 23.2 Å². The summed E-state index contributed by atoms with van der Waals surface area (Å²) in [5.74, 6) is -1.25. The van der Waals surface area contributed by atoms with Crippen molar-refractivity contribution in [2.24, 2.45) is 0 Å². The van der Waals surface area contributed by atoms with Gasteiger partial charge in [-0.2, -0.15) is 0 Å². The van der Waals surface area contributed by atoms with Gasteiger partial charge in [0.25, 0.3) is 0 Å². The molecule has 0 fully saturated rings. The molecule has 1 aromatic rings. The molecule has 0 aromatic carbocycles. The molecule has 1 aromatic heterocycles. The number of halogens is 1. The Morgan fingerprint density at radius 1 is 1.41 bits per heavy atom. The van der Waals surface area contributed by atoms with Crippen LogP contribution in [0.1, 0.15) is 31.7 Å². The zero-order chi connectivity index (χ0) is 13.2. The lowest BCUT2D eigenvalue weighted by Gasteiger charge is -2.30. The summed E-state index contributed by atoms with van der Waals surface area (Å²) in [6.45, 7) is 5.00. The van der Waals surface area contributed by atoms with Gasteiger partial charge in [-0.1, -0.05) is 0 Å². The minimum absolute atomic E-state index is 0.158. The van der Waals surface area contributed by atoms with Crippen molar-refractivity contribution in [2.75, 3.05) is 0 Å². The zero-order valence-electron chi connectivity index (χ0n) is 9.81. The van der Waals surface area contributed by atoms with Crippen molar-refractivity contribution in [3.63, 3.8) is 0 Å². The minimum Gasteiger partial charge on any atom is -0.479 e. The number of amides is 1. The van der Waals surface area contributed by atoms with Gasteiger partial charge in [-0.05, 0) is 41.9 Å². The van der Waals surface area contributed by atoms with E-state index in [1.807, 2.05) is 0 Å². The molecule has 0 aliphatic rings. The quantitative estimate of drug-likeness (QED) is 0.928. The lowest BCUT2D eigenvalue weighted by atomic mass is 10.1. The Morgan fingerprint density at radius 3 is 2.29 bits per heavy atom. The number of carboxylic acids is 1. The summed E-state index contributed by atoms with van der Waals surface area (Å²) in [5, 5.41) is 9.30. The Kier molecular flexibility index (Phi) is 4.70. The fraction of sp³-hybridized carbons (Fsp3) is 0.455. The third-order valence-corrected chi connectivity index (χ3v) is 3.97. The zero-order valence-corrected chi connectivity index (χ0v) is 12.2. The largest absolute Gasteiger partial charge is 0.479 e. The number of nitrogens with zero attached hydrogens (tertiary/aromatic N) is 1. The molecule has 0 saturated carbocycles. The normalized spacial score (nSPS) is 12.5. The average Bonchev–Trinajstić information content (AvgIpc) is 2.58. The maximum Gasteiger partial charge on any atom is 0.331 e. The number of hydrogen-bond acceptors (Lipinski definition) is 3. The Hall–Kier alpha value is -0.880. The highest BCUT2D eigenvalue weighted by molar-refractivity contribution is 9.11. The molecule has 94 valence electrons. The lowest BCUT2D eigenvalue weighted by Crippen LogP contribution is -2.41. The van der Waals surface area contributed by atoms with E-state index in [4.69, 9.17) is 0 Å². The van der Waals surface area contributed by atoms with Crippen LogP contribution in [0.4, 0.5) is 0 Å². The summed E-state index contributed by atoms with van der Waals surface area (Å²) in [6, 6.07) is 2.44. The lowest BCUT2D eigenvalue weighted by molar-refractivity contribution is -0.151. The van der Waals surface area contributed by atoms with Crippen molar-refractivity contribution in [1.82, 2.24) is 4.90 Å². The van der Waals surface area contributed by atoms with E-state index in [2.05, 4.69) is 15.9 Å². The molecule has 1 heterocycles. The van der Waals surface area contributed by atoms with Gasteiger partial charge in [-0.15, -0.1) is 11.3 Å². The molecular formula is C11H14BrNO3S. The molecule has 1 unspecified atom stereocenters. The van der Waals surface area contributed by atoms with Crippen molar-refractivity contribution in [3.05, 3.63) is 20.8 Å². The third kappa shape index (κ3) is 3.29. The summed E-state index contributed by atoms with van der Waals surface area (Å²) in [6.07, 6.45) is 0. The highest BCUT2D eigenvalue weighted by atomic mass is 79.9. The summed E-state index contributed by atoms with van der Waals surface area (Å²) < 4.78 is 0.853. The Labute approximate surface area is 112 Å². The van der Waals surface area contributed by atoms with Gasteiger partial charge >= 0.3 is 5.97 Å². The molecule has 1 amide bonds. The number of carboxylic acid groups (broad SMARTS) is 1. The fourth-order valence-electron chi connectivity index (χ4n) is 1.70. The van der Waals surface area contributed by atoms with Gasteiger partial charge in [0, 0.05) is 17.8 Å². The number of thiophene rings is 1. The topological polar surface area (TPSA) is 57.6 Å². The standard InChI is InChI=1S/C11H14BrNO3S/c1-6(2)13(7(3)14)10(11(15)16)8-4-5-9(12)17-8/h4-6,10H,1-3H3,(H,15,16). The van der Waals surface area contributed by atoms with Gasteiger partial charge < -0.3 is 10.0 Å². The summed E-state index contributed by atoms with van der Waals surface area (Å²) in [5.41, 5.74) is 0. The molecule has 0 spiro atoms. The predicted molar refractivity (Wildman–Crippen MR) is 70.1 cm³/mol. The maximum atomic E-state index is 11.6. The van der Waals surface area contributed by atoms with Crippen LogP contribution in [-0.2, 0) is 9.59 Å². The predicted octanol–water partition coefficient (Wildman–Crippen LogP) is 2.89. The van der Waals surface area contributed by atoms with Crippen LogP contribution < -0.4 is 0 Å². The van der Waals surface area contributed by atoms with Crippen molar-refractivity contribution < 1.29 is 14.7 Å². The minimum atomic E-state index is -1.01. The summed E-state index contributed by atoms with van der Waals surface area (Å²) in [4.78, 5) is 24.9. The number of carbonyl (C=O) groups excluding carboxylic acids is 1. The number of carbonyl (C=O) groups is 2. The first-order valence-corrected chi connectivity index (χ1v) is 6.72. The smallest absolute Gasteiger partial charge is 0.331 e. The molecular weight excluding hydrogens is 306 g/mol. The molecule has 1 atom stereocenters. The number of aliphatic carboxylic acids is 1. The van der Waals surface area contributed by atoms with Gasteiger partial charge in [0.1, 0.15) is 0 Å². The molecule has 1 rings (SSSR count). The van der Waals surface area contributed by atoms with Gasteiger partial charge in [-0.25, -0.2) is 4.79 Å². The first kappa shape index (κ1) is 14.2. The second kappa shape index (κ2) is 5.64. The summed E-state index contributed by atoms with van der Waals surface area (Å²) >= 11 is 4.62. The van der Waals surface area contributed by atoms with Crippen molar-refractivity contribution >= 4 is 39.1 Å². The second-order valence-corrected chi connectivity index (χ2v) is 6.40. The highest BCUT2D eigenvalue weighted by Crippen LogP contribution is 2.32. The highest BCUT2D eigenvalue weighted by Gasteiger charge is 2.32. The van der Waals surface area contributed by atoms with Crippen LogP contribution in [0.5, 0.6) is 0 Å². The van der Waals surface area contributed by atoms with E-state index in [1.54, 1.807) is 26.0 Å². The Balaban J connectivity index is 3.16. The van der Waals surface area contributed by atoms with Crippen LogP contribution >= 0.6 is 27.3 Å². The van der Waals surface area contributed by atoms with E-state index < -0.39 is 12.0 Å². The Morgan fingerprint density at radius 2 is 2.00 bits per heavy atom. The second-order valence-electron chi connectivity index (χ2n) is 3.90. The van der Waals surface area contributed by atoms with Crippen molar-refractivity contribution in [2.45, 2.75) is 32.9 Å². The van der Waals surface area contributed by atoms with Crippen LogP contribution in [0.15, 0.2) is 15.9 Å². The molecule has 6 heteroatoms. The van der Waals surface area contributed by atoms with Gasteiger partial charge in [-0.3, -0.25) is 4.79 Å².